The SMILES string of the molecule is CN=C(N)NC(=O)c1cc2c(Cl)ccc(Oc3ccccc3CN3CCCC3)c2[nH]1. The van der Waals surface area contributed by atoms with Gasteiger partial charge < -0.3 is 15.5 Å². The van der Waals surface area contributed by atoms with E-state index in [0.29, 0.717) is 27.4 Å². The van der Waals surface area contributed by atoms with Crippen molar-refractivity contribution < 1.29 is 9.53 Å². The van der Waals surface area contributed by atoms with Crippen LogP contribution in [0.25, 0.3) is 10.9 Å². The minimum atomic E-state index is -0.397. The van der Waals surface area contributed by atoms with Crippen LogP contribution in [0.1, 0.15) is 28.9 Å². The number of carbonyl (C=O) groups is 1. The summed E-state index contributed by atoms with van der Waals surface area (Å²) in [6.45, 7) is 3.07. The zero-order valence-electron chi connectivity index (χ0n) is 16.7. The lowest BCUT2D eigenvalue weighted by Gasteiger charge is -2.18. The number of nitrogens with one attached hydrogen (secondary N) is 2. The number of hydrogen-bond donors (Lipinski definition) is 3. The van der Waals surface area contributed by atoms with E-state index in [-0.39, 0.29) is 5.96 Å². The maximum atomic E-state index is 12.4. The molecule has 8 heteroatoms. The van der Waals surface area contributed by atoms with Crippen LogP contribution >= 0.6 is 11.6 Å². The Labute approximate surface area is 179 Å². The van der Waals surface area contributed by atoms with E-state index < -0.39 is 5.91 Å². The van der Waals surface area contributed by atoms with Gasteiger partial charge in [0.05, 0.1) is 10.5 Å². The molecular formula is C22H24ClN5O2. The Hall–Kier alpha value is -3.03. The second kappa shape index (κ2) is 8.77. The first-order chi connectivity index (χ1) is 14.5. The Kier molecular flexibility index (Phi) is 5.92. The highest BCUT2D eigenvalue weighted by Crippen LogP contribution is 2.36. The molecule has 0 radical (unpaired) electrons. The number of amides is 1. The van der Waals surface area contributed by atoms with E-state index in [4.69, 9.17) is 22.1 Å². The molecule has 4 N–H and O–H groups in total. The van der Waals surface area contributed by atoms with E-state index in [9.17, 15) is 4.79 Å². The van der Waals surface area contributed by atoms with E-state index in [1.165, 1.54) is 19.9 Å². The number of ether oxygens (including phenoxy) is 1. The normalized spacial score (nSPS) is 14.9. The van der Waals surface area contributed by atoms with Crippen molar-refractivity contribution in [3.8, 4) is 11.5 Å². The molecule has 1 aliphatic rings. The number of guanidine groups is 1. The van der Waals surface area contributed by atoms with Crippen molar-refractivity contribution >= 4 is 34.4 Å². The largest absolute Gasteiger partial charge is 0.455 e. The van der Waals surface area contributed by atoms with E-state index in [0.717, 1.165) is 30.9 Å². The highest BCUT2D eigenvalue weighted by atomic mass is 35.5. The first-order valence-electron chi connectivity index (χ1n) is 9.88. The zero-order valence-corrected chi connectivity index (χ0v) is 17.5. The molecule has 156 valence electrons. The van der Waals surface area contributed by atoms with Crippen LogP contribution in [0.2, 0.25) is 5.02 Å². The predicted octanol–water partition coefficient (Wildman–Crippen LogP) is 3.88. The van der Waals surface area contributed by atoms with Crippen molar-refractivity contribution in [3.63, 3.8) is 0 Å². The van der Waals surface area contributed by atoms with Gasteiger partial charge in [0.25, 0.3) is 5.91 Å². The van der Waals surface area contributed by atoms with Gasteiger partial charge in [-0.1, -0.05) is 29.8 Å². The monoisotopic (exact) mass is 425 g/mol. The Morgan fingerprint density at radius 1 is 1.23 bits per heavy atom. The highest BCUT2D eigenvalue weighted by Gasteiger charge is 2.18. The minimum absolute atomic E-state index is 0.0390. The van der Waals surface area contributed by atoms with Crippen molar-refractivity contribution in [1.29, 1.82) is 0 Å². The lowest BCUT2D eigenvalue weighted by Crippen LogP contribution is -2.36. The van der Waals surface area contributed by atoms with Crippen LogP contribution in [0, 0.1) is 0 Å². The fourth-order valence-corrected chi connectivity index (χ4v) is 3.85. The standard InChI is InChI=1S/C22H24ClN5O2/c1-25-22(24)27-21(29)17-12-15-16(23)8-9-19(20(15)26-17)30-18-7-3-2-6-14(18)13-28-10-4-5-11-28/h2-3,6-9,12,26H,4-5,10-11,13H2,1H3,(H3,24,25,27,29). The second-order valence-corrected chi connectivity index (χ2v) is 7.68. The van der Waals surface area contributed by atoms with E-state index in [2.05, 4.69) is 26.3 Å². The average molecular weight is 426 g/mol. The van der Waals surface area contributed by atoms with Crippen LogP contribution in [0.4, 0.5) is 0 Å². The lowest BCUT2D eigenvalue weighted by atomic mass is 10.2. The van der Waals surface area contributed by atoms with Crippen LogP contribution in [-0.4, -0.2) is 41.9 Å². The minimum Gasteiger partial charge on any atom is -0.455 e. The summed E-state index contributed by atoms with van der Waals surface area (Å²) in [5.74, 6) is 1.03. The number of rotatable bonds is 5. The van der Waals surface area contributed by atoms with E-state index in [1.54, 1.807) is 18.2 Å². The number of para-hydroxylation sites is 1. The van der Waals surface area contributed by atoms with Gasteiger partial charge in [-0.2, -0.15) is 0 Å². The molecule has 30 heavy (non-hydrogen) atoms. The van der Waals surface area contributed by atoms with Gasteiger partial charge in [0.1, 0.15) is 11.4 Å². The third kappa shape index (κ3) is 4.27. The quantitative estimate of drug-likeness (QED) is 0.427. The second-order valence-electron chi connectivity index (χ2n) is 7.27. The maximum Gasteiger partial charge on any atom is 0.274 e. The van der Waals surface area contributed by atoms with Crippen molar-refractivity contribution in [1.82, 2.24) is 15.2 Å². The summed E-state index contributed by atoms with van der Waals surface area (Å²) >= 11 is 6.37. The molecule has 1 aliphatic heterocycles. The van der Waals surface area contributed by atoms with Gasteiger partial charge in [-0.15, -0.1) is 0 Å². The van der Waals surface area contributed by atoms with Crippen LogP contribution in [0.3, 0.4) is 0 Å². The summed E-state index contributed by atoms with van der Waals surface area (Å²) in [6, 6.07) is 13.3. The van der Waals surface area contributed by atoms with Crippen molar-refractivity contribution in [2.75, 3.05) is 20.1 Å². The molecule has 0 aliphatic carbocycles. The van der Waals surface area contributed by atoms with Gasteiger partial charge >= 0.3 is 0 Å². The molecular weight excluding hydrogens is 402 g/mol. The number of likely N-dealkylation sites (tertiary alicyclic amines) is 1. The van der Waals surface area contributed by atoms with Gasteiger partial charge in [-0.25, -0.2) is 0 Å². The predicted molar refractivity (Wildman–Crippen MR) is 119 cm³/mol. The smallest absolute Gasteiger partial charge is 0.274 e. The van der Waals surface area contributed by atoms with Crippen LogP contribution < -0.4 is 15.8 Å². The molecule has 1 aromatic heterocycles. The Bertz CT molecular complexity index is 1100. The van der Waals surface area contributed by atoms with Crippen molar-refractivity contribution in [2.45, 2.75) is 19.4 Å². The third-order valence-electron chi connectivity index (χ3n) is 5.21. The summed E-state index contributed by atoms with van der Waals surface area (Å²) in [5.41, 5.74) is 7.69. The molecule has 0 atom stereocenters. The number of aromatic nitrogens is 1. The lowest BCUT2D eigenvalue weighted by molar-refractivity contribution is 0.0972. The highest BCUT2D eigenvalue weighted by molar-refractivity contribution is 6.36. The maximum absolute atomic E-state index is 12.4. The number of fused-ring (bicyclic) bond motifs is 1. The van der Waals surface area contributed by atoms with Crippen molar-refractivity contribution in [3.05, 3.63) is 58.7 Å². The number of nitrogens with two attached hydrogens (primary N) is 1. The van der Waals surface area contributed by atoms with Gasteiger partial charge in [0.15, 0.2) is 11.7 Å². The Morgan fingerprint density at radius 2 is 2.00 bits per heavy atom. The number of H-pyrrole nitrogens is 1. The molecule has 0 spiro atoms. The number of nitrogens with zero attached hydrogens (tertiary/aromatic N) is 2. The van der Waals surface area contributed by atoms with Gasteiger partial charge in [0.2, 0.25) is 0 Å². The molecule has 0 saturated carbocycles. The summed E-state index contributed by atoms with van der Waals surface area (Å²) in [7, 11) is 1.50. The van der Waals surface area contributed by atoms with Gasteiger partial charge in [-0.3, -0.25) is 20.0 Å². The van der Waals surface area contributed by atoms with Gasteiger partial charge in [0, 0.05) is 24.5 Å². The Balaban J connectivity index is 1.65. The Morgan fingerprint density at radius 3 is 2.77 bits per heavy atom. The van der Waals surface area contributed by atoms with E-state index >= 15 is 0 Å². The number of carbonyl (C=O) groups excluding carboxylic acids is 1. The molecule has 1 amide bonds. The summed E-state index contributed by atoms with van der Waals surface area (Å²) in [4.78, 5) is 21.7. The molecule has 2 aromatic carbocycles. The summed E-state index contributed by atoms with van der Waals surface area (Å²) in [5, 5.41) is 3.73. The molecule has 0 bridgehead atoms. The van der Waals surface area contributed by atoms with Crippen LogP contribution in [0.15, 0.2) is 47.5 Å². The summed E-state index contributed by atoms with van der Waals surface area (Å²) in [6.07, 6.45) is 2.48. The third-order valence-corrected chi connectivity index (χ3v) is 5.54. The topological polar surface area (TPSA) is 95.7 Å². The number of halogens is 1. The number of hydrogen-bond acceptors (Lipinski definition) is 4. The van der Waals surface area contributed by atoms with Crippen LogP contribution in [-0.2, 0) is 6.54 Å². The first-order valence-corrected chi connectivity index (χ1v) is 10.3. The molecule has 0 unspecified atom stereocenters. The molecule has 1 fully saturated rings. The average Bonchev–Trinajstić information content (AvgIpc) is 3.42. The molecule has 4 rings (SSSR count). The molecule has 7 nitrogen and oxygen atoms in total. The fourth-order valence-electron chi connectivity index (χ4n) is 3.64. The number of aliphatic imine (C=N–C) groups is 1. The first kappa shape index (κ1) is 20.3. The zero-order chi connectivity index (χ0) is 21.1. The van der Waals surface area contributed by atoms with Crippen molar-refractivity contribution in [2.24, 2.45) is 10.7 Å². The molecule has 1 saturated heterocycles. The molecule has 3 aromatic rings. The molecule has 2 heterocycles. The van der Waals surface area contributed by atoms with Crippen LogP contribution in [0.5, 0.6) is 11.5 Å². The van der Waals surface area contributed by atoms with E-state index in [1.807, 2.05) is 18.2 Å². The van der Waals surface area contributed by atoms with Gasteiger partial charge in [-0.05, 0) is 50.2 Å². The number of benzene rings is 2. The summed E-state index contributed by atoms with van der Waals surface area (Å²) < 4.78 is 6.29. The number of aromatic amines is 1. The fraction of sp³-hybridized carbons (Fsp3) is 0.273.